The zero-order valence-electron chi connectivity index (χ0n) is 16.0. The van der Waals surface area contributed by atoms with Crippen LogP contribution in [0.25, 0.3) is 6.08 Å². The highest BCUT2D eigenvalue weighted by atomic mass is 16.5. The van der Waals surface area contributed by atoms with Crippen LogP contribution in [-0.4, -0.2) is 39.7 Å². The van der Waals surface area contributed by atoms with E-state index in [0.717, 1.165) is 38.2 Å². The fourth-order valence-electron chi connectivity index (χ4n) is 4.56. The summed E-state index contributed by atoms with van der Waals surface area (Å²) in [7, 11) is 0. The van der Waals surface area contributed by atoms with Crippen LogP contribution in [0.3, 0.4) is 0 Å². The Morgan fingerprint density at radius 2 is 2.00 bits per heavy atom. The molecule has 28 heavy (non-hydrogen) atoms. The van der Waals surface area contributed by atoms with Gasteiger partial charge in [0.05, 0.1) is 11.8 Å². The Morgan fingerprint density at radius 1 is 1.14 bits per heavy atom. The number of H-pyrrole nitrogens is 1. The maximum absolute atomic E-state index is 12.4. The minimum absolute atomic E-state index is 0.206. The topological polar surface area (TPSA) is 86.5 Å². The van der Waals surface area contributed by atoms with Gasteiger partial charge in [0, 0.05) is 24.0 Å². The van der Waals surface area contributed by atoms with Gasteiger partial charge in [0.1, 0.15) is 5.71 Å². The molecule has 1 saturated heterocycles. The van der Waals surface area contributed by atoms with Crippen molar-refractivity contribution >= 4 is 17.7 Å². The van der Waals surface area contributed by atoms with Gasteiger partial charge in [0.25, 0.3) is 5.91 Å². The van der Waals surface area contributed by atoms with Crippen molar-refractivity contribution in [3.8, 4) is 0 Å². The van der Waals surface area contributed by atoms with E-state index in [1.165, 1.54) is 48.9 Å². The van der Waals surface area contributed by atoms with Crippen LogP contribution in [0, 0.1) is 0 Å². The second-order valence-corrected chi connectivity index (χ2v) is 7.85. The molecular weight excluding hydrogens is 354 g/mol. The van der Waals surface area contributed by atoms with Crippen molar-refractivity contribution in [2.75, 3.05) is 13.1 Å². The van der Waals surface area contributed by atoms with Gasteiger partial charge in [-0.1, -0.05) is 11.6 Å². The second kappa shape index (κ2) is 7.39. The van der Waals surface area contributed by atoms with Gasteiger partial charge in [-0.15, -0.1) is 0 Å². The summed E-state index contributed by atoms with van der Waals surface area (Å²) in [6.07, 6.45) is 12.0. The van der Waals surface area contributed by atoms with Gasteiger partial charge >= 0.3 is 0 Å². The third-order valence-corrected chi connectivity index (χ3v) is 6.00. The molecule has 146 valence electrons. The normalized spacial score (nSPS) is 21.6. The number of hydrazone groups is 1. The van der Waals surface area contributed by atoms with Crippen LogP contribution in [0.5, 0.6) is 0 Å². The van der Waals surface area contributed by atoms with Crippen molar-refractivity contribution in [3.63, 3.8) is 0 Å². The third-order valence-electron chi connectivity index (χ3n) is 6.00. The second-order valence-electron chi connectivity index (χ2n) is 7.85. The summed E-state index contributed by atoms with van der Waals surface area (Å²) >= 11 is 0. The van der Waals surface area contributed by atoms with Crippen molar-refractivity contribution in [2.24, 2.45) is 5.10 Å². The first-order valence-electron chi connectivity index (χ1n) is 10.3. The van der Waals surface area contributed by atoms with E-state index in [1.807, 2.05) is 6.08 Å². The molecule has 0 aromatic carbocycles. The number of hydrogen-bond acceptors (Lipinski definition) is 5. The lowest BCUT2D eigenvalue weighted by Gasteiger charge is -2.27. The minimum Gasteiger partial charge on any atom is -0.358 e. The number of nitrogens with zero attached hydrogens (tertiary/aromatic N) is 3. The SMILES string of the molecule is O=C1NN=C(c2ccno2)C1=Cc1[nH]c2c(c1CN1CCCCC1)CCCC2. The predicted molar refractivity (Wildman–Crippen MR) is 106 cm³/mol. The van der Waals surface area contributed by atoms with Gasteiger partial charge in [-0.05, 0) is 68.8 Å². The average molecular weight is 379 g/mol. The number of likely N-dealkylation sites (tertiary alicyclic amines) is 1. The minimum atomic E-state index is -0.206. The van der Waals surface area contributed by atoms with E-state index >= 15 is 0 Å². The number of carbonyl (C=O) groups is 1. The van der Waals surface area contributed by atoms with E-state index in [-0.39, 0.29) is 5.91 Å². The Balaban J connectivity index is 1.53. The lowest BCUT2D eigenvalue weighted by Crippen LogP contribution is -2.29. The van der Waals surface area contributed by atoms with E-state index in [0.29, 0.717) is 17.0 Å². The van der Waals surface area contributed by atoms with E-state index in [1.54, 1.807) is 12.3 Å². The highest BCUT2D eigenvalue weighted by Crippen LogP contribution is 2.31. The van der Waals surface area contributed by atoms with Crippen molar-refractivity contribution in [3.05, 3.63) is 46.1 Å². The van der Waals surface area contributed by atoms with E-state index < -0.39 is 0 Å². The molecule has 2 aromatic rings. The number of aromatic nitrogens is 2. The number of aryl methyl sites for hydroxylation is 1. The molecule has 5 rings (SSSR count). The Kier molecular flexibility index (Phi) is 4.60. The Morgan fingerprint density at radius 3 is 2.82 bits per heavy atom. The molecule has 0 atom stereocenters. The molecule has 7 nitrogen and oxygen atoms in total. The molecule has 0 saturated carbocycles. The van der Waals surface area contributed by atoms with Crippen molar-refractivity contribution in [1.82, 2.24) is 20.5 Å². The zero-order chi connectivity index (χ0) is 18.9. The van der Waals surface area contributed by atoms with Crippen LogP contribution in [-0.2, 0) is 24.2 Å². The molecule has 1 amide bonds. The Hall–Kier alpha value is -2.67. The summed E-state index contributed by atoms with van der Waals surface area (Å²) in [5, 5.41) is 7.90. The number of hydrogen-bond donors (Lipinski definition) is 2. The largest absolute Gasteiger partial charge is 0.358 e. The summed E-state index contributed by atoms with van der Waals surface area (Å²) in [5.41, 5.74) is 8.78. The first-order valence-corrected chi connectivity index (χ1v) is 10.3. The van der Waals surface area contributed by atoms with Crippen molar-refractivity contribution in [1.29, 1.82) is 0 Å². The first kappa shape index (κ1) is 17.4. The van der Waals surface area contributed by atoms with Gasteiger partial charge in [-0.2, -0.15) is 5.10 Å². The van der Waals surface area contributed by atoms with Crippen LogP contribution < -0.4 is 5.43 Å². The van der Waals surface area contributed by atoms with Crippen LogP contribution in [0.15, 0.2) is 27.5 Å². The smallest absolute Gasteiger partial charge is 0.273 e. The van der Waals surface area contributed by atoms with Gasteiger partial charge in [-0.3, -0.25) is 9.69 Å². The Labute approximate surface area is 163 Å². The molecule has 1 fully saturated rings. The lowest BCUT2D eigenvalue weighted by atomic mass is 9.93. The van der Waals surface area contributed by atoms with Gasteiger partial charge in [-0.25, -0.2) is 5.43 Å². The fraction of sp³-hybridized carbons (Fsp3) is 0.476. The first-order chi connectivity index (χ1) is 13.8. The molecule has 4 heterocycles. The third kappa shape index (κ3) is 3.20. The molecule has 0 radical (unpaired) electrons. The molecule has 0 unspecified atom stereocenters. The standard InChI is InChI=1S/C21H25N5O2/c27-21-15(20(24-25-21)19-8-9-22-28-19)12-18-16(13-26-10-4-1-5-11-26)14-6-2-3-7-17(14)23-18/h8-9,12,23H,1-7,10-11,13H2,(H,25,27). The quantitative estimate of drug-likeness (QED) is 0.800. The molecule has 0 bridgehead atoms. The van der Waals surface area contributed by atoms with Crippen LogP contribution in [0.1, 0.15) is 60.4 Å². The number of fused-ring (bicyclic) bond motifs is 1. The van der Waals surface area contributed by atoms with Crippen molar-refractivity contribution < 1.29 is 9.32 Å². The summed E-state index contributed by atoms with van der Waals surface area (Å²) in [4.78, 5) is 18.6. The molecule has 2 aliphatic heterocycles. The molecule has 0 spiro atoms. The van der Waals surface area contributed by atoms with Crippen LogP contribution in [0.2, 0.25) is 0 Å². The van der Waals surface area contributed by atoms with Crippen LogP contribution >= 0.6 is 0 Å². The van der Waals surface area contributed by atoms with Gasteiger partial charge in [0.15, 0.2) is 5.76 Å². The molecule has 1 aliphatic carbocycles. The summed E-state index contributed by atoms with van der Waals surface area (Å²) in [6, 6.07) is 1.72. The highest BCUT2D eigenvalue weighted by Gasteiger charge is 2.28. The lowest BCUT2D eigenvalue weighted by molar-refractivity contribution is -0.116. The highest BCUT2D eigenvalue weighted by molar-refractivity contribution is 6.32. The number of carbonyl (C=O) groups excluding carboxylic acids is 1. The van der Waals surface area contributed by atoms with Crippen molar-refractivity contribution in [2.45, 2.75) is 51.5 Å². The summed E-state index contributed by atoms with van der Waals surface area (Å²) in [5.74, 6) is 0.293. The monoisotopic (exact) mass is 379 g/mol. The summed E-state index contributed by atoms with van der Waals surface area (Å²) in [6.45, 7) is 3.25. The number of amides is 1. The maximum atomic E-state index is 12.4. The molecule has 2 aromatic heterocycles. The summed E-state index contributed by atoms with van der Waals surface area (Å²) < 4.78 is 5.23. The fourth-order valence-corrected chi connectivity index (χ4v) is 4.56. The number of nitrogens with one attached hydrogen (secondary N) is 2. The van der Waals surface area contributed by atoms with Crippen LogP contribution in [0.4, 0.5) is 0 Å². The Bertz CT molecular complexity index is 932. The van der Waals surface area contributed by atoms with Gasteiger partial charge in [0.2, 0.25) is 0 Å². The predicted octanol–water partition coefficient (Wildman–Crippen LogP) is 2.78. The molecule has 7 heteroatoms. The molecule has 3 aliphatic rings. The zero-order valence-corrected chi connectivity index (χ0v) is 16.0. The molecule has 2 N–H and O–H groups in total. The average Bonchev–Trinajstić information content (AvgIpc) is 3.44. The van der Waals surface area contributed by atoms with E-state index in [9.17, 15) is 4.79 Å². The molecular formula is C21H25N5O2. The number of rotatable bonds is 4. The van der Waals surface area contributed by atoms with E-state index in [4.69, 9.17) is 4.52 Å². The van der Waals surface area contributed by atoms with E-state index in [2.05, 4.69) is 25.6 Å². The number of aromatic amines is 1. The van der Waals surface area contributed by atoms with Gasteiger partial charge < -0.3 is 9.51 Å². The maximum Gasteiger partial charge on any atom is 0.273 e. The number of piperidine rings is 1.